The summed E-state index contributed by atoms with van der Waals surface area (Å²) in [4.78, 5) is 4.54. The standard InChI is InChI=1S/C17H21BrN2/c1-4-19-16(17-15(18)6-5-9-20-17)11-14-10-12(2)7-8-13(14)3/h5-10,16,19H,4,11H2,1-3H3. The monoisotopic (exact) mass is 332 g/mol. The van der Waals surface area contributed by atoms with Crippen molar-refractivity contribution in [3.05, 3.63) is 63.4 Å². The Morgan fingerprint density at radius 1 is 1.25 bits per heavy atom. The van der Waals surface area contributed by atoms with Crippen LogP contribution < -0.4 is 5.32 Å². The number of nitrogens with one attached hydrogen (secondary N) is 1. The Labute approximate surface area is 129 Å². The van der Waals surface area contributed by atoms with Crippen molar-refractivity contribution >= 4 is 15.9 Å². The number of hydrogen-bond acceptors (Lipinski definition) is 2. The van der Waals surface area contributed by atoms with Crippen LogP contribution in [-0.2, 0) is 6.42 Å². The topological polar surface area (TPSA) is 24.9 Å². The minimum absolute atomic E-state index is 0.232. The van der Waals surface area contributed by atoms with Crippen LogP contribution in [0.2, 0.25) is 0 Å². The van der Waals surface area contributed by atoms with Crippen LogP contribution in [0.15, 0.2) is 41.0 Å². The van der Waals surface area contributed by atoms with Gasteiger partial charge in [-0.2, -0.15) is 0 Å². The van der Waals surface area contributed by atoms with Crippen LogP contribution in [0.25, 0.3) is 0 Å². The molecule has 1 aromatic carbocycles. The first-order chi connectivity index (χ1) is 9.61. The summed E-state index contributed by atoms with van der Waals surface area (Å²) >= 11 is 3.61. The van der Waals surface area contributed by atoms with E-state index < -0.39 is 0 Å². The lowest BCUT2D eigenvalue weighted by molar-refractivity contribution is 0.533. The van der Waals surface area contributed by atoms with Gasteiger partial charge in [-0.3, -0.25) is 4.98 Å². The highest BCUT2D eigenvalue weighted by Gasteiger charge is 2.16. The molecule has 1 atom stereocenters. The predicted molar refractivity (Wildman–Crippen MR) is 88.0 cm³/mol. The van der Waals surface area contributed by atoms with Gasteiger partial charge in [0.25, 0.3) is 0 Å². The molecular weight excluding hydrogens is 312 g/mol. The number of benzene rings is 1. The first kappa shape index (κ1) is 15.2. The molecule has 0 amide bonds. The summed E-state index contributed by atoms with van der Waals surface area (Å²) in [7, 11) is 0. The third-order valence-electron chi connectivity index (χ3n) is 3.50. The minimum Gasteiger partial charge on any atom is -0.309 e. The van der Waals surface area contributed by atoms with Crippen LogP contribution in [0, 0.1) is 13.8 Å². The highest BCUT2D eigenvalue weighted by atomic mass is 79.9. The van der Waals surface area contributed by atoms with E-state index in [9.17, 15) is 0 Å². The van der Waals surface area contributed by atoms with Gasteiger partial charge in [0, 0.05) is 10.7 Å². The van der Waals surface area contributed by atoms with Gasteiger partial charge in [0.15, 0.2) is 0 Å². The van der Waals surface area contributed by atoms with Crippen LogP contribution in [0.5, 0.6) is 0 Å². The molecule has 2 rings (SSSR count). The van der Waals surface area contributed by atoms with E-state index in [-0.39, 0.29) is 6.04 Å². The molecule has 3 heteroatoms. The van der Waals surface area contributed by atoms with Crippen molar-refractivity contribution in [1.29, 1.82) is 0 Å². The van der Waals surface area contributed by atoms with Crippen LogP contribution in [0.4, 0.5) is 0 Å². The Morgan fingerprint density at radius 3 is 2.75 bits per heavy atom. The molecule has 2 aromatic rings. The maximum absolute atomic E-state index is 4.54. The van der Waals surface area contributed by atoms with Gasteiger partial charge >= 0.3 is 0 Å². The van der Waals surface area contributed by atoms with Gasteiger partial charge in [0.1, 0.15) is 0 Å². The zero-order valence-electron chi connectivity index (χ0n) is 12.3. The fraction of sp³-hybridized carbons (Fsp3) is 0.353. The number of aromatic nitrogens is 1. The van der Waals surface area contributed by atoms with E-state index in [1.165, 1.54) is 16.7 Å². The normalized spacial score (nSPS) is 12.4. The van der Waals surface area contributed by atoms with Gasteiger partial charge in [-0.1, -0.05) is 30.7 Å². The lowest BCUT2D eigenvalue weighted by Crippen LogP contribution is -2.24. The molecule has 0 spiro atoms. The largest absolute Gasteiger partial charge is 0.309 e. The van der Waals surface area contributed by atoms with Crippen molar-refractivity contribution in [3.63, 3.8) is 0 Å². The number of aryl methyl sites for hydroxylation is 2. The Morgan fingerprint density at radius 2 is 2.05 bits per heavy atom. The zero-order valence-corrected chi connectivity index (χ0v) is 13.9. The number of nitrogens with zero attached hydrogens (tertiary/aromatic N) is 1. The number of hydrogen-bond donors (Lipinski definition) is 1. The number of halogens is 1. The van der Waals surface area contributed by atoms with Gasteiger partial charge in [-0.15, -0.1) is 0 Å². The van der Waals surface area contributed by atoms with Gasteiger partial charge in [-0.05, 0) is 66.0 Å². The first-order valence-electron chi connectivity index (χ1n) is 7.01. The van der Waals surface area contributed by atoms with Crippen LogP contribution in [0.1, 0.15) is 35.3 Å². The Hall–Kier alpha value is -1.19. The van der Waals surface area contributed by atoms with Crippen LogP contribution in [-0.4, -0.2) is 11.5 Å². The zero-order chi connectivity index (χ0) is 14.5. The summed E-state index contributed by atoms with van der Waals surface area (Å²) in [6, 6.07) is 10.9. The molecule has 0 radical (unpaired) electrons. The smallest absolute Gasteiger partial charge is 0.0718 e. The summed E-state index contributed by atoms with van der Waals surface area (Å²) in [6.45, 7) is 7.37. The maximum Gasteiger partial charge on any atom is 0.0718 e. The third-order valence-corrected chi connectivity index (χ3v) is 4.17. The number of likely N-dealkylation sites (N-methyl/N-ethyl adjacent to an activating group) is 1. The average molecular weight is 333 g/mol. The van der Waals surface area contributed by atoms with E-state index in [4.69, 9.17) is 0 Å². The molecule has 1 unspecified atom stereocenters. The molecule has 1 N–H and O–H groups in total. The van der Waals surface area contributed by atoms with Crippen LogP contribution in [0.3, 0.4) is 0 Å². The van der Waals surface area contributed by atoms with E-state index in [0.717, 1.165) is 23.1 Å². The van der Waals surface area contributed by atoms with Crippen molar-refractivity contribution in [3.8, 4) is 0 Å². The molecule has 0 saturated heterocycles. The van der Waals surface area contributed by atoms with Gasteiger partial charge in [0.2, 0.25) is 0 Å². The fourth-order valence-electron chi connectivity index (χ4n) is 2.41. The van der Waals surface area contributed by atoms with E-state index >= 15 is 0 Å². The third kappa shape index (κ3) is 3.68. The first-order valence-corrected chi connectivity index (χ1v) is 7.81. The molecule has 0 saturated carbocycles. The Balaban J connectivity index is 2.30. The molecule has 20 heavy (non-hydrogen) atoms. The molecular formula is C17H21BrN2. The number of rotatable bonds is 5. The molecule has 1 aromatic heterocycles. The summed E-state index contributed by atoms with van der Waals surface area (Å²) in [6.07, 6.45) is 2.81. The summed E-state index contributed by atoms with van der Waals surface area (Å²) in [5, 5.41) is 3.54. The molecule has 0 bridgehead atoms. The van der Waals surface area contributed by atoms with E-state index in [2.05, 4.69) is 71.3 Å². The highest BCUT2D eigenvalue weighted by Crippen LogP contribution is 2.25. The fourth-order valence-corrected chi connectivity index (χ4v) is 2.94. The maximum atomic E-state index is 4.54. The Bertz CT molecular complexity index is 581. The molecule has 0 fully saturated rings. The quantitative estimate of drug-likeness (QED) is 0.880. The second-order valence-corrected chi connectivity index (χ2v) is 5.97. The molecule has 2 nitrogen and oxygen atoms in total. The minimum atomic E-state index is 0.232. The lowest BCUT2D eigenvalue weighted by Gasteiger charge is -2.20. The van der Waals surface area contributed by atoms with Crippen molar-refractivity contribution < 1.29 is 0 Å². The lowest BCUT2D eigenvalue weighted by atomic mass is 9.97. The van der Waals surface area contributed by atoms with Crippen molar-refractivity contribution in [2.45, 2.75) is 33.2 Å². The van der Waals surface area contributed by atoms with Crippen molar-refractivity contribution in [2.24, 2.45) is 0 Å². The second-order valence-electron chi connectivity index (χ2n) is 5.11. The van der Waals surface area contributed by atoms with E-state index in [1.807, 2.05) is 12.3 Å². The molecule has 106 valence electrons. The van der Waals surface area contributed by atoms with E-state index in [0.29, 0.717) is 0 Å². The van der Waals surface area contributed by atoms with Gasteiger partial charge in [0.05, 0.1) is 11.7 Å². The Kier molecular flexibility index (Phi) is 5.32. The summed E-state index contributed by atoms with van der Waals surface area (Å²) in [5.41, 5.74) is 5.11. The molecule has 1 heterocycles. The molecule has 0 aliphatic rings. The second kappa shape index (κ2) is 7.00. The highest BCUT2D eigenvalue weighted by molar-refractivity contribution is 9.10. The SMILES string of the molecule is CCNC(Cc1cc(C)ccc1C)c1ncccc1Br. The summed E-state index contributed by atoms with van der Waals surface area (Å²) in [5.74, 6) is 0. The van der Waals surface area contributed by atoms with Gasteiger partial charge in [-0.25, -0.2) is 0 Å². The predicted octanol–water partition coefficient (Wildman–Crippen LogP) is 4.35. The summed E-state index contributed by atoms with van der Waals surface area (Å²) < 4.78 is 1.07. The average Bonchev–Trinajstić information content (AvgIpc) is 2.43. The van der Waals surface area contributed by atoms with E-state index in [1.54, 1.807) is 0 Å². The number of pyridine rings is 1. The van der Waals surface area contributed by atoms with Crippen molar-refractivity contribution in [1.82, 2.24) is 10.3 Å². The molecule has 0 aliphatic heterocycles. The van der Waals surface area contributed by atoms with Crippen LogP contribution >= 0.6 is 15.9 Å². The molecule has 0 aliphatic carbocycles. The van der Waals surface area contributed by atoms with Gasteiger partial charge < -0.3 is 5.32 Å². The van der Waals surface area contributed by atoms with Crippen molar-refractivity contribution in [2.75, 3.05) is 6.54 Å².